The van der Waals surface area contributed by atoms with Crippen LogP contribution in [0, 0.1) is 0 Å². The van der Waals surface area contributed by atoms with Crippen molar-refractivity contribution >= 4 is 29.2 Å². The van der Waals surface area contributed by atoms with Crippen molar-refractivity contribution in [2.24, 2.45) is 0 Å². The van der Waals surface area contributed by atoms with Gasteiger partial charge in [0.2, 0.25) is 5.91 Å². The van der Waals surface area contributed by atoms with Gasteiger partial charge >= 0.3 is 6.03 Å². The van der Waals surface area contributed by atoms with Crippen LogP contribution in [-0.4, -0.2) is 35.3 Å². The topological polar surface area (TPSA) is 78.5 Å². The van der Waals surface area contributed by atoms with Crippen molar-refractivity contribution in [3.8, 4) is 0 Å². The van der Waals surface area contributed by atoms with Gasteiger partial charge in [0.1, 0.15) is 6.54 Å². The van der Waals surface area contributed by atoms with E-state index in [0.29, 0.717) is 0 Å². The zero-order chi connectivity index (χ0) is 16.3. The van der Waals surface area contributed by atoms with Gasteiger partial charge in [0, 0.05) is 10.9 Å². The Bertz CT molecular complexity index is 573. The summed E-state index contributed by atoms with van der Waals surface area (Å²) in [6, 6.07) is 3.13. The fourth-order valence-electron chi connectivity index (χ4n) is 2.54. The molecule has 0 bridgehead atoms. The molecule has 2 atom stereocenters. The zero-order valence-corrected chi connectivity index (χ0v) is 13.8. The number of imide groups is 1. The van der Waals surface area contributed by atoms with E-state index in [9.17, 15) is 14.4 Å². The van der Waals surface area contributed by atoms with E-state index in [0.717, 1.165) is 22.6 Å². The molecular weight excluding hydrogens is 302 g/mol. The van der Waals surface area contributed by atoms with Gasteiger partial charge in [-0.1, -0.05) is 19.4 Å². The van der Waals surface area contributed by atoms with Gasteiger partial charge in [-0.05, 0) is 31.7 Å². The number of nitrogens with zero attached hydrogens (tertiary/aromatic N) is 1. The van der Waals surface area contributed by atoms with E-state index >= 15 is 0 Å². The second kappa shape index (κ2) is 6.48. The first kappa shape index (κ1) is 16.5. The minimum absolute atomic E-state index is 0.0296. The van der Waals surface area contributed by atoms with Crippen LogP contribution in [0.25, 0.3) is 0 Å². The predicted octanol–water partition coefficient (Wildman–Crippen LogP) is 1.82. The standard InChI is InChI=1S/C15H21N3O3S/c1-4-6-10(2)16-12(19)9-18-13(20)15(3,17-14(18)21)11-7-5-8-22-11/h5,7-8,10H,4,6,9H2,1-3H3,(H,16,19)(H,17,21)/t10-,15+/m0/s1. The summed E-state index contributed by atoms with van der Waals surface area (Å²) in [7, 11) is 0. The van der Waals surface area contributed by atoms with E-state index in [1.807, 2.05) is 25.3 Å². The third kappa shape index (κ3) is 3.14. The number of urea groups is 1. The first-order chi connectivity index (χ1) is 10.4. The zero-order valence-electron chi connectivity index (χ0n) is 13.0. The summed E-state index contributed by atoms with van der Waals surface area (Å²) in [5, 5.41) is 7.33. The summed E-state index contributed by atoms with van der Waals surface area (Å²) in [4.78, 5) is 38.3. The largest absolute Gasteiger partial charge is 0.352 e. The Labute approximate surface area is 133 Å². The van der Waals surface area contributed by atoms with Crippen molar-refractivity contribution < 1.29 is 14.4 Å². The van der Waals surface area contributed by atoms with Crippen LogP contribution in [0.5, 0.6) is 0 Å². The SMILES string of the molecule is CCC[C@H](C)NC(=O)CN1C(=O)N[C@](C)(c2cccs2)C1=O. The molecule has 4 amide bonds. The predicted molar refractivity (Wildman–Crippen MR) is 84.4 cm³/mol. The monoisotopic (exact) mass is 323 g/mol. The molecule has 1 aromatic rings. The van der Waals surface area contributed by atoms with Gasteiger partial charge in [-0.15, -0.1) is 11.3 Å². The molecule has 0 spiro atoms. The summed E-state index contributed by atoms with van der Waals surface area (Å²) in [6.45, 7) is 5.35. The highest BCUT2D eigenvalue weighted by Gasteiger charge is 2.50. The smallest absolute Gasteiger partial charge is 0.325 e. The number of rotatable bonds is 6. The molecule has 0 saturated carbocycles. The van der Waals surface area contributed by atoms with Crippen molar-refractivity contribution in [2.45, 2.75) is 45.2 Å². The first-order valence-electron chi connectivity index (χ1n) is 7.36. The van der Waals surface area contributed by atoms with E-state index in [4.69, 9.17) is 0 Å². The Morgan fingerprint density at radius 3 is 2.82 bits per heavy atom. The molecule has 0 aliphatic carbocycles. The van der Waals surface area contributed by atoms with Crippen LogP contribution in [0.2, 0.25) is 0 Å². The molecule has 7 heteroatoms. The van der Waals surface area contributed by atoms with Gasteiger partial charge in [0.25, 0.3) is 5.91 Å². The molecule has 2 rings (SSSR count). The van der Waals surface area contributed by atoms with E-state index < -0.39 is 17.5 Å². The molecule has 0 radical (unpaired) electrons. The number of hydrogen-bond donors (Lipinski definition) is 2. The minimum Gasteiger partial charge on any atom is -0.352 e. The molecule has 6 nitrogen and oxygen atoms in total. The molecular formula is C15H21N3O3S. The summed E-state index contributed by atoms with van der Waals surface area (Å²) in [6.07, 6.45) is 1.82. The van der Waals surface area contributed by atoms with Gasteiger partial charge in [-0.3, -0.25) is 14.5 Å². The maximum atomic E-state index is 12.6. The van der Waals surface area contributed by atoms with E-state index in [1.165, 1.54) is 11.3 Å². The van der Waals surface area contributed by atoms with Gasteiger partial charge in [0.15, 0.2) is 5.54 Å². The number of amides is 4. The van der Waals surface area contributed by atoms with Gasteiger partial charge < -0.3 is 10.6 Å². The molecule has 0 aromatic carbocycles. The normalized spacial score (nSPS) is 22.6. The maximum absolute atomic E-state index is 12.6. The second-order valence-corrected chi connectivity index (χ2v) is 6.63. The Kier molecular flexibility index (Phi) is 4.85. The van der Waals surface area contributed by atoms with Crippen molar-refractivity contribution in [2.75, 3.05) is 6.54 Å². The molecule has 2 heterocycles. The van der Waals surface area contributed by atoms with Crippen LogP contribution in [0.4, 0.5) is 4.79 Å². The van der Waals surface area contributed by atoms with Crippen molar-refractivity contribution in [1.29, 1.82) is 0 Å². The van der Waals surface area contributed by atoms with E-state index in [-0.39, 0.29) is 18.5 Å². The van der Waals surface area contributed by atoms with E-state index in [1.54, 1.807) is 13.0 Å². The fraction of sp³-hybridized carbons (Fsp3) is 0.533. The lowest BCUT2D eigenvalue weighted by Crippen LogP contribution is -2.44. The van der Waals surface area contributed by atoms with Crippen LogP contribution < -0.4 is 10.6 Å². The average molecular weight is 323 g/mol. The Hall–Kier alpha value is -1.89. The van der Waals surface area contributed by atoms with E-state index in [2.05, 4.69) is 10.6 Å². The van der Waals surface area contributed by atoms with Crippen LogP contribution >= 0.6 is 11.3 Å². The van der Waals surface area contributed by atoms with Crippen LogP contribution in [0.1, 0.15) is 38.5 Å². The third-order valence-corrected chi connectivity index (χ3v) is 4.81. The molecule has 2 N–H and O–H groups in total. The molecule has 1 fully saturated rings. The lowest BCUT2D eigenvalue weighted by molar-refractivity contribution is -0.134. The summed E-state index contributed by atoms with van der Waals surface area (Å²) in [5.41, 5.74) is -1.08. The van der Waals surface area contributed by atoms with Crippen molar-refractivity contribution in [3.05, 3.63) is 22.4 Å². The summed E-state index contributed by atoms with van der Waals surface area (Å²) < 4.78 is 0. The third-order valence-electron chi connectivity index (χ3n) is 3.72. The Balaban J connectivity index is 2.05. The highest BCUT2D eigenvalue weighted by atomic mass is 32.1. The lowest BCUT2D eigenvalue weighted by Gasteiger charge is -2.20. The molecule has 1 aliphatic heterocycles. The van der Waals surface area contributed by atoms with Gasteiger partial charge in [0.05, 0.1) is 0 Å². The Morgan fingerprint density at radius 1 is 1.50 bits per heavy atom. The van der Waals surface area contributed by atoms with Crippen LogP contribution in [-0.2, 0) is 15.1 Å². The minimum atomic E-state index is -1.08. The molecule has 22 heavy (non-hydrogen) atoms. The number of thiophene rings is 1. The van der Waals surface area contributed by atoms with Crippen molar-refractivity contribution in [3.63, 3.8) is 0 Å². The highest BCUT2D eigenvalue weighted by molar-refractivity contribution is 7.10. The summed E-state index contributed by atoms with van der Waals surface area (Å²) >= 11 is 1.40. The van der Waals surface area contributed by atoms with Crippen molar-refractivity contribution in [1.82, 2.24) is 15.5 Å². The average Bonchev–Trinajstić information content (AvgIpc) is 3.04. The fourth-order valence-corrected chi connectivity index (χ4v) is 3.37. The number of nitrogens with one attached hydrogen (secondary N) is 2. The molecule has 1 aliphatic rings. The quantitative estimate of drug-likeness (QED) is 0.784. The lowest BCUT2D eigenvalue weighted by atomic mass is 10.0. The van der Waals surface area contributed by atoms with Gasteiger partial charge in [-0.25, -0.2) is 4.79 Å². The molecule has 1 saturated heterocycles. The molecule has 1 aromatic heterocycles. The number of carbonyl (C=O) groups is 3. The first-order valence-corrected chi connectivity index (χ1v) is 8.24. The molecule has 120 valence electrons. The number of carbonyl (C=O) groups excluding carboxylic acids is 3. The van der Waals surface area contributed by atoms with Gasteiger partial charge in [-0.2, -0.15) is 0 Å². The second-order valence-electron chi connectivity index (χ2n) is 5.68. The number of hydrogen-bond acceptors (Lipinski definition) is 4. The Morgan fingerprint density at radius 2 is 2.23 bits per heavy atom. The van der Waals surface area contributed by atoms with Crippen LogP contribution in [0.15, 0.2) is 17.5 Å². The summed E-state index contributed by atoms with van der Waals surface area (Å²) in [5.74, 6) is -0.710. The highest BCUT2D eigenvalue weighted by Crippen LogP contribution is 2.31. The van der Waals surface area contributed by atoms with Crippen LogP contribution in [0.3, 0.4) is 0 Å². The maximum Gasteiger partial charge on any atom is 0.325 e. The molecule has 0 unspecified atom stereocenters.